The molecule has 0 radical (unpaired) electrons. The van der Waals surface area contributed by atoms with Crippen LogP contribution in [0.1, 0.15) is 25.1 Å². The van der Waals surface area contributed by atoms with Gasteiger partial charge in [0.1, 0.15) is 6.04 Å². The maximum Gasteiger partial charge on any atom is 0.416 e. The molecule has 0 fully saturated rings. The van der Waals surface area contributed by atoms with Crippen molar-refractivity contribution in [3.63, 3.8) is 0 Å². The van der Waals surface area contributed by atoms with E-state index in [0.29, 0.717) is 18.7 Å². The van der Waals surface area contributed by atoms with Crippen LogP contribution in [-0.4, -0.2) is 28.5 Å². The minimum Gasteiger partial charge on any atom is -0.373 e. The highest BCUT2D eigenvalue weighted by atomic mass is 19.4. The average Bonchev–Trinajstić information content (AvgIpc) is 3.05. The SMILES string of the molecule is CC(C)[C@@H](Nc1ccc(C(F)(F)F)cc1)C(=O)NCCc1cnc[nH]1. The molecule has 8 heteroatoms. The third-order valence-electron chi connectivity index (χ3n) is 3.73. The summed E-state index contributed by atoms with van der Waals surface area (Å²) in [6.07, 6.45) is -0.496. The summed E-state index contributed by atoms with van der Waals surface area (Å²) < 4.78 is 37.8. The summed E-state index contributed by atoms with van der Waals surface area (Å²) in [5, 5.41) is 5.83. The fourth-order valence-corrected chi connectivity index (χ4v) is 2.32. The molecule has 0 bridgehead atoms. The van der Waals surface area contributed by atoms with Crippen LogP contribution in [0, 0.1) is 5.92 Å². The van der Waals surface area contributed by atoms with Gasteiger partial charge in [0, 0.05) is 30.5 Å². The molecule has 1 atom stereocenters. The molecule has 2 rings (SSSR count). The minimum atomic E-state index is -4.37. The van der Waals surface area contributed by atoms with E-state index in [0.717, 1.165) is 17.8 Å². The Morgan fingerprint density at radius 3 is 2.44 bits per heavy atom. The second-order valence-electron chi connectivity index (χ2n) is 6.06. The summed E-state index contributed by atoms with van der Waals surface area (Å²) in [5.74, 6) is -0.233. The number of alkyl halides is 3. The molecule has 25 heavy (non-hydrogen) atoms. The van der Waals surface area contributed by atoms with Gasteiger partial charge < -0.3 is 15.6 Å². The van der Waals surface area contributed by atoms with E-state index >= 15 is 0 Å². The molecule has 0 spiro atoms. The highest BCUT2D eigenvalue weighted by molar-refractivity contribution is 5.84. The topological polar surface area (TPSA) is 69.8 Å². The number of nitrogens with one attached hydrogen (secondary N) is 3. The van der Waals surface area contributed by atoms with Gasteiger partial charge in [-0.1, -0.05) is 13.8 Å². The number of aromatic nitrogens is 2. The Balaban J connectivity index is 1.94. The molecule has 0 aliphatic heterocycles. The molecule has 5 nitrogen and oxygen atoms in total. The predicted octanol–water partition coefficient (Wildman–Crippen LogP) is 3.22. The van der Waals surface area contributed by atoms with Crippen molar-refractivity contribution in [2.24, 2.45) is 5.92 Å². The first-order chi connectivity index (χ1) is 11.8. The lowest BCUT2D eigenvalue weighted by molar-refractivity contribution is -0.137. The molecule has 136 valence electrons. The first-order valence-corrected chi connectivity index (χ1v) is 7.96. The van der Waals surface area contributed by atoms with Crippen LogP contribution < -0.4 is 10.6 Å². The van der Waals surface area contributed by atoms with Gasteiger partial charge in [-0.15, -0.1) is 0 Å². The Labute approximate surface area is 144 Å². The highest BCUT2D eigenvalue weighted by Gasteiger charge is 2.30. The second-order valence-corrected chi connectivity index (χ2v) is 6.06. The van der Waals surface area contributed by atoms with Gasteiger partial charge >= 0.3 is 6.18 Å². The van der Waals surface area contributed by atoms with Gasteiger partial charge in [0.25, 0.3) is 0 Å². The number of aromatic amines is 1. The Morgan fingerprint density at radius 2 is 1.92 bits per heavy atom. The van der Waals surface area contributed by atoms with Gasteiger partial charge in [-0.2, -0.15) is 13.2 Å². The fourth-order valence-electron chi connectivity index (χ4n) is 2.32. The first kappa shape index (κ1) is 18.8. The second kappa shape index (κ2) is 8.04. The van der Waals surface area contributed by atoms with E-state index in [1.165, 1.54) is 12.1 Å². The summed E-state index contributed by atoms with van der Waals surface area (Å²) in [6, 6.07) is 4.11. The van der Waals surface area contributed by atoms with E-state index in [9.17, 15) is 18.0 Å². The van der Waals surface area contributed by atoms with Crippen LogP contribution >= 0.6 is 0 Å². The van der Waals surface area contributed by atoms with Crippen LogP contribution in [0.15, 0.2) is 36.8 Å². The van der Waals surface area contributed by atoms with Crippen molar-refractivity contribution >= 4 is 11.6 Å². The molecule has 1 heterocycles. The summed E-state index contributed by atoms with van der Waals surface area (Å²) in [4.78, 5) is 19.2. The molecule has 3 N–H and O–H groups in total. The van der Waals surface area contributed by atoms with Crippen molar-refractivity contribution in [1.82, 2.24) is 15.3 Å². The molecule has 1 aromatic heterocycles. The number of nitrogens with zero attached hydrogens (tertiary/aromatic N) is 1. The van der Waals surface area contributed by atoms with Crippen molar-refractivity contribution < 1.29 is 18.0 Å². The van der Waals surface area contributed by atoms with Gasteiger partial charge in [0.05, 0.1) is 11.9 Å². The van der Waals surface area contributed by atoms with Crippen molar-refractivity contribution in [3.05, 3.63) is 48.0 Å². The summed E-state index contributed by atoms with van der Waals surface area (Å²) in [5.41, 5.74) is 0.663. The van der Waals surface area contributed by atoms with Gasteiger partial charge in [0.2, 0.25) is 5.91 Å². The Kier molecular flexibility index (Phi) is 6.06. The number of carbonyl (C=O) groups is 1. The fraction of sp³-hybridized carbons (Fsp3) is 0.412. The zero-order valence-corrected chi connectivity index (χ0v) is 14.0. The molecule has 1 amide bonds. The largest absolute Gasteiger partial charge is 0.416 e. The van der Waals surface area contributed by atoms with Crippen LogP contribution in [0.4, 0.5) is 18.9 Å². The molecule has 1 aromatic carbocycles. The molecule has 0 unspecified atom stereocenters. The van der Waals surface area contributed by atoms with Crippen LogP contribution in [0.25, 0.3) is 0 Å². The quantitative estimate of drug-likeness (QED) is 0.715. The van der Waals surface area contributed by atoms with Crippen molar-refractivity contribution in [3.8, 4) is 0 Å². The van der Waals surface area contributed by atoms with E-state index in [1.54, 1.807) is 12.5 Å². The number of hydrogen-bond acceptors (Lipinski definition) is 3. The monoisotopic (exact) mass is 354 g/mol. The number of rotatable bonds is 7. The number of imidazole rings is 1. The molecular formula is C17H21F3N4O. The van der Waals surface area contributed by atoms with Gasteiger partial charge in [-0.25, -0.2) is 4.98 Å². The predicted molar refractivity (Wildman–Crippen MR) is 89.0 cm³/mol. The molecular weight excluding hydrogens is 333 g/mol. The van der Waals surface area contributed by atoms with Crippen LogP contribution in [0.3, 0.4) is 0 Å². The van der Waals surface area contributed by atoms with Gasteiger partial charge in [0.15, 0.2) is 0 Å². The first-order valence-electron chi connectivity index (χ1n) is 7.96. The van der Waals surface area contributed by atoms with Gasteiger partial charge in [-0.05, 0) is 30.2 Å². The summed E-state index contributed by atoms with van der Waals surface area (Å²) in [7, 11) is 0. The third kappa shape index (κ3) is 5.51. The lowest BCUT2D eigenvalue weighted by Crippen LogP contribution is -2.43. The number of hydrogen-bond donors (Lipinski definition) is 3. The van der Waals surface area contributed by atoms with E-state index in [4.69, 9.17) is 0 Å². The zero-order chi connectivity index (χ0) is 18.4. The molecule has 0 aliphatic rings. The van der Waals surface area contributed by atoms with Crippen LogP contribution in [0.5, 0.6) is 0 Å². The number of halogens is 3. The van der Waals surface area contributed by atoms with E-state index in [2.05, 4.69) is 20.6 Å². The van der Waals surface area contributed by atoms with E-state index in [1.807, 2.05) is 13.8 Å². The standard InChI is InChI=1S/C17H21F3N4O/c1-11(2)15(16(25)22-8-7-14-9-21-10-23-14)24-13-5-3-12(4-6-13)17(18,19)20/h3-6,9-11,15,24H,7-8H2,1-2H3,(H,21,23)(H,22,25)/t15-/m1/s1. The normalized spacial score (nSPS) is 12.9. The average molecular weight is 354 g/mol. The third-order valence-corrected chi connectivity index (χ3v) is 3.73. The van der Waals surface area contributed by atoms with Crippen LogP contribution in [-0.2, 0) is 17.4 Å². The number of anilines is 1. The minimum absolute atomic E-state index is 0.0329. The molecule has 0 saturated heterocycles. The summed E-state index contributed by atoms with van der Waals surface area (Å²) in [6.45, 7) is 4.19. The Hall–Kier alpha value is -2.51. The molecule has 0 aliphatic carbocycles. The van der Waals surface area contributed by atoms with Crippen molar-refractivity contribution in [1.29, 1.82) is 0 Å². The van der Waals surface area contributed by atoms with E-state index in [-0.39, 0.29) is 11.8 Å². The highest BCUT2D eigenvalue weighted by Crippen LogP contribution is 2.30. The molecule has 0 saturated carbocycles. The maximum atomic E-state index is 12.6. The zero-order valence-electron chi connectivity index (χ0n) is 14.0. The number of amides is 1. The van der Waals surface area contributed by atoms with Crippen LogP contribution in [0.2, 0.25) is 0 Å². The van der Waals surface area contributed by atoms with Crippen molar-refractivity contribution in [2.75, 3.05) is 11.9 Å². The lowest BCUT2D eigenvalue weighted by Gasteiger charge is -2.23. The summed E-state index contributed by atoms with van der Waals surface area (Å²) >= 11 is 0. The number of benzene rings is 1. The Morgan fingerprint density at radius 1 is 1.24 bits per heavy atom. The van der Waals surface area contributed by atoms with Crippen molar-refractivity contribution in [2.45, 2.75) is 32.5 Å². The van der Waals surface area contributed by atoms with E-state index < -0.39 is 17.8 Å². The number of carbonyl (C=O) groups excluding carboxylic acids is 1. The maximum absolute atomic E-state index is 12.6. The lowest BCUT2D eigenvalue weighted by atomic mass is 10.0. The van der Waals surface area contributed by atoms with Gasteiger partial charge in [-0.3, -0.25) is 4.79 Å². The smallest absolute Gasteiger partial charge is 0.373 e. The molecule has 2 aromatic rings. The number of H-pyrrole nitrogens is 1. The Bertz CT molecular complexity index is 666.